The quantitative estimate of drug-likeness (QED) is 0.354. The Bertz CT molecular complexity index is 781. The minimum atomic E-state index is -0.610. The van der Waals surface area contributed by atoms with Crippen molar-refractivity contribution in [2.75, 3.05) is 18.5 Å². The molecule has 3 rings (SSSR count). The molecule has 0 aliphatic carbocycles. The first-order valence-electron chi connectivity index (χ1n) is 8.01. The Kier molecular flexibility index (Phi) is 5.51. The fraction of sp³-hybridized carbons (Fsp3) is 0.389. The molecule has 1 N–H and O–H groups in total. The van der Waals surface area contributed by atoms with Crippen LogP contribution in [-0.2, 0) is 20.9 Å². The number of rotatable bonds is 4. The highest BCUT2D eigenvalue weighted by Crippen LogP contribution is 2.29. The molecule has 0 spiro atoms. The molecule has 1 unspecified atom stereocenters. The van der Waals surface area contributed by atoms with E-state index in [0.29, 0.717) is 31.7 Å². The zero-order valence-corrected chi connectivity index (χ0v) is 15.1. The number of ether oxygens (including phenoxy) is 1. The molecule has 0 saturated carbocycles. The van der Waals surface area contributed by atoms with Gasteiger partial charge < -0.3 is 9.64 Å². The van der Waals surface area contributed by atoms with Gasteiger partial charge in [-0.3, -0.25) is 19.7 Å². The van der Waals surface area contributed by atoms with Gasteiger partial charge in [0.05, 0.1) is 6.61 Å². The van der Waals surface area contributed by atoms with Gasteiger partial charge in [-0.2, -0.15) is 0 Å². The van der Waals surface area contributed by atoms with Crippen molar-refractivity contribution in [2.45, 2.75) is 25.4 Å². The van der Waals surface area contributed by atoms with E-state index in [4.69, 9.17) is 4.74 Å². The predicted molar refractivity (Wildman–Crippen MR) is 94.0 cm³/mol. The second-order valence-corrected chi connectivity index (χ2v) is 6.57. The molecule has 2 aliphatic rings. The minimum Gasteiger partial charge on any atom is -0.368 e. The lowest BCUT2D eigenvalue weighted by Crippen LogP contribution is -2.52. The van der Waals surface area contributed by atoms with Crippen LogP contribution in [0.1, 0.15) is 34.3 Å². The summed E-state index contributed by atoms with van der Waals surface area (Å²) >= 11 is 3.28. The number of carbonyl (C=O) groups excluding carboxylic acids is 3. The number of halogens is 1. The van der Waals surface area contributed by atoms with Crippen LogP contribution >= 0.6 is 15.9 Å². The van der Waals surface area contributed by atoms with Crippen LogP contribution in [0.25, 0.3) is 0 Å². The monoisotopic (exact) mass is 404 g/mol. The molecular formula is C18H17BrN2O4. The highest BCUT2D eigenvalue weighted by atomic mass is 79.9. The number of piperidine rings is 1. The molecule has 1 aromatic rings. The van der Waals surface area contributed by atoms with E-state index in [9.17, 15) is 14.4 Å². The van der Waals surface area contributed by atoms with Gasteiger partial charge in [0.2, 0.25) is 11.8 Å². The minimum absolute atomic E-state index is 0.191. The molecule has 3 amide bonds. The van der Waals surface area contributed by atoms with Crippen molar-refractivity contribution in [3.8, 4) is 11.8 Å². The van der Waals surface area contributed by atoms with E-state index < -0.39 is 11.9 Å². The van der Waals surface area contributed by atoms with Crippen LogP contribution in [0.2, 0.25) is 0 Å². The second-order valence-electron chi connectivity index (χ2n) is 5.77. The lowest BCUT2D eigenvalue weighted by atomic mass is 10.0. The summed E-state index contributed by atoms with van der Waals surface area (Å²) in [4.78, 5) is 37.6. The van der Waals surface area contributed by atoms with E-state index in [1.807, 2.05) is 6.07 Å². The van der Waals surface area contributed by atoms with E-state index >= 15 is 0 Å². The first kappa shape index (κ1) is 17.6. The lowest BCUT2D eigenvalue weighted by Gasteiger charge is -2.29. The molecule has 0 bridgehead atoms. The summed E-state index contributed by atoms with van der Waals surface area (Å²) < 4.78 is 5.30. The van der Waals surface area contributed by atoms with Gasteiger partial charge in [0, 0.05) is 29.4 Å². The molecule has 1 atom stereocenters. The standard InChI is InChI=1S/C18H17BrN2O4/c19-8-10-25-9-2-4-12-3-1-5-13-14(12)11-21(18(13)24)15-6-7-16(22)20-17(15)23/h1,3,5,15H,6-11H2,(H,20,22,23). The average Bonchev–Trinajstić information content (AvgIpc) is 2.92. The number of alkyl halides is 1. The van der Waals surface area contributed by atoms with Gasteiger partial charge >= 0.3 is 0 Å². The van der Waals surface area contributed by atoms with Gasteiger partial charge in [0.1, 0.15) is 12.6 Å². The third-order valence-electron chi connectivity index (χ3n) is 4.20. The molecule has 2 aliphatic heterocycles. The molecule has 1 fully saturated rings. The van der Waals surface area contributed by atoms with E-state index in [1.54, 1.807) is 12.1 Å². The SMILES string of the molecule is O=C1CCC(N2Cc3c(C#CCOCCBr)cccc3C2=O)C(=O)N1. The summed E-state index contributed by atoms with van der Waals surface area (Å²) in [6.07, 6.45) is 0.597. The number of benzene rings is 1. The van der Waals surface area contributed by atoms with Gasteiger partial charge in [-0.1, -0.05) is 33.8 Å². The fourth-order valence-corrected chi connectivity index (χ4v) is 3.24. The molecule has 6 nitrogen and oxygen atoms in total. The first-order chi connectivity index (χ1) is 12.1. The van der Waals surface area contributed by atoms with Crippen molar-refractivity contribution in [3.05, 3.63) is 34.9 Å². The van der Waals surface area contributed by atoms with Crippen molar-refractivity contribution in [3.63, 3.8) is 0 Å². The summed E-state index contributed by atoms with van der Waals surface area (Å²) in [5.74, 6) is 5.09. The van der Waals surface area contributed by atoms with Crippen LogP contribution in [0, 0.1) is 11.8 Å². The number of nitrogens with one attached hydrogen (secondary N) is 1. The van der Waals surface area contributed by atoms with Gasteiger partial charge in [0.25, 0.3) is 5.91 Å². The van der Waals surface area contributed by atoms with Crippen LogP contribution in [0.5, 0.6) is 0 Å². The third kappa shape index (κ3) is 3.75. The maximum absolute atomic E-state index is 12.7. The Morgan fingerprint density at radius 2 is 2.16 bits per heavy atom. The number of hydrogen-bond acceptors (Lipinski definition) is 4. The zero-order valence-electron chi connectivity index (χ0n) is 13.5. The average molecular weight is 405 g/mol. The maximum atomic E-state index is 12.7. The lowest BCUT2D eigenvalue weighted by molar-refractivity contribution is -0.136. The van der Waals surface area contributed by atoms with E-state index in [0.717, 1.165) is 16.5 Å². The third-order valence-corrected chi connectivity index (χ3v) is 4.52. The van der Waals surface area contributed by atoms with Crippen molar-refractivity contribution >= 4 is 33.7 Å². The second kappa shape index (κ2) is 7.81. The molecule has 1 saturated heterocycles. The Morgan fingerprint density at radius 1 is 1.32 bits per heavy atom. The Morgan fingerprint density at radius 3 is 2.92 bits per heavy atom. The topological polar surface area (TPSA) is 75.7 Å². The van der Waals surface area contributed by atoms with Crippen LogP contribution in [0.15, 0.2) is 18.2 Å². The Labute approximate surface area is 154 Å². The highest BCUT2D eigenvalue weighted by molar-refractivity contribution is 9.09. The van der Waals surface area contributed by atoms with Crippen molar-refractivity contribution in [1.29, 1.82) is 0 Å². The van der Waals surface area contributed by atoms with Crippen LogP contribution in [-0.4, -0.2) is 47.2 Å². The fourth-order valence-electron chi connectivity index (χ4n) is 3.01. The van der Waals surface area contributed by atoms with E-state index in [2.05, 4.69) is 33.1 Å². The molecule has 130 valence electrons. The first-order valence-corrected chi connectivity index (χ1v) is 9.13. The number of amides is 3. The smallest absolute Gasteiger partial charge is 0.255 e. The maximum Gasteiger partial charge on any atom is 0.255 e. The van der Waals surface area contributed by atoms with Gasteiger partial charge in [-0.15, -0.1) is 0 Å². The summed E-state index contributed by atoms with van der Waals surface area (Å²) in [5.41, 5.74) is 2.16. The molecule has 25 heavy (non-hydrogen) atoms. The summed E-state index contributed by atoms with van der Waals surface area (Å²) in [5, 5.41) is 3.06. The van der Waals surface area contributed by atoms with Gasteiger partial charge in [-0.25, -0.2) is 0 Å². The molecule has 7 heteroatoms. The molecule has 1 aromatic carbocycles. The number of carbonyl (C=O) groups is 3. The predicted octanol–water partition coefficient (Wildman–Crippen LogP) is 1.21. The summed E-state index contributed by atoms with van der Waals surface area (Å²) in [7, 11) is 0. The normalized spacial score (nSPS) is 19.3. The van der Waals surface area contributed by atoms with E-state index in [-0.39, 0.29) is 18.2 Å². The molecule has 2 heterocycles. The van der Waals surface area contributed by atoms with Crippen LogP contribution in [0.4, 0.5) is 0 Å². The summed E-state index contributed by atoms with van der Waals surface area (Å²) in [6.45, 7) is 1.23. The molecular weight excluding hydrogens is 388 g/mol. The molecule has 0 radical (unpaired) electrons. The molecule has 0 aromatic heterocycles. The number of fused-ring (bicyclic) bond motifs is 1. The Hall–Kier alpha value is -2.17. The Balaban J connectivity index is 1.78. The zero-order chi connectivity index (χ0) is 17.8. The highest BCUT2D eigenvalue weighted by Gasteiger charge is 2.39. The van der Waals surface area contributed by atoms with Crippen molar-refractivity contribution in [1.82, 2.24) is 10.2 Å². The van der Waals surface area contributed by atoms with Crippen molar-refractivity contribution < 1.29 is 19.1 Å². The van der Waals surface area contributed by atoms with Gasteiger partial charge in [-0.05, 0) is 24.1 Å². The van der Waals surface area contributed by atoms with Crippen LogP contribution in [0.3, 0.4) is 0 Å². The largest absolute Gasteiger partial charge is 0.368 e. The number of nitrogens with zero attached hydrogens (tertiary/aromatic N) is 1. The van der Waals surface area contributed by atoms with Gasteiger partial charge in [0.15, 0.2) is 0 Å². The number of imide groups is 1. The van der Waals surface area contributed by atoms with E-state index in [1.165, 1.54) is 4.90 Å². The number of hydrogen-bond donors (Lipinski definition) is 1. The summed E-state index contributed by atoms with van der Waals surface area (Å²) in [6, 6.07) is 4.78. The van der Waals surface area contributed by atoms with Crippen molar-refractivity contribution in [2.24, 2.45) is 0 Å². The van der Waals surface area contributed by atoms with Crippen LogP contribution < -0.4 is 5.32 Å².